The number of pyridine rings is 1. The Balaban J connectivity index is 0.000000203. The topological polar surface area (TPSA) is 95.9 Å². The van der Waals surface area contributed by atoms with Gasteiger partial charge < -0.3 is 5.11 Å². The summed E-state index contributed by atoms with van der Waals surface area (Å²) < 4.78 is 31.7. The van der Waals surface area contributed by atoms with Gasteiger partial charge in [-0.3, -0.25) is 4.98 Å². The van der Waals surface area contributed by atoms with Crippen molar-refractivity contribution in [2.45, 2.75) is 6.18 Å². The van der Waals surface area contributed by atoms with Crippen LogP contribution < -0.4 is 5.69 Å². The van der Waals surface area contributed by atoms with Crippen molar-refractivity contribution in [1.29, 1.82) is 0 Å². The number of carboxylic acids is 1. The molecule has 2 aromatic heterocycles. The van der Waals surface area contributed by atoms with E-state index in [0.29, 0.717) is 5.65 Å². The monoisotopic (exact) mass is 261 g/mol. The molecule has 2 N–H and O–H groups in total. The van der Waals surface area contributed by atoms with Crippen LogP contribution in [0.3, 0.4) is 0 Å². The Morgan fingerprint density at radius 3 is 2.50 bits per heavy atom. The van der Waals surface area contributed by atoms with Crippen LogP contribution in [0.2, 0.25) is 0 Å². The minimum absolute atomic E-state index is 0.365. The number of nitrogens with one attached hydrogen (secondary N) is 1. The maximum atomic E-state index is 10.7. The number of alkyl halides is 3. The molecule has 0 atom stereocenters. The number of halogens is 3. The molecule has 0 aliphatic rings. The van der Waals surface area contributed by atoms with Crippen LogP contribution in [0.25, 0.3) is 11.0 Å². The zero-order valence-corrected chi connectivity index (χ0v) is 8.60. The van der Waals surface area contributed by atoms with Crippen molar-refractivity contribution in [3.8, 4) is 0 Å². The van der Waals surface area contributed by atoms with E-state index in [9.17, 15) is 18.0 Å². The Labute approximate surface area is 97.1 Å². The van der Waals surface area contributed by atoms with Gasteiger partial charge in [0.15, 0.2) is 0 Å². The lowest BCUT2D eigenvalue weighted by atomic mass is 10.3. The molecule has 0 unspecified atom stereocenters. The van der Waals surface area contributed by atoms with Gasteiger partial charge in [-0.15, -0.1) is 0 Å². The van der Waals surface area contributed by atoms with Crippen LogP contribution in [0.1, 0.15) is 0 Å². The number of carbonyl (C=O) groups is 1. The smallest absolute Gasteiger partial charge is 0.475 e. The molecule has 6 nitrogen and oxygen atoms in total. The van der Waals surface area contributed by atoms with Crippen molar-refractivity contribution in [2.24, 2.45) is 0 Å². The van der Waals surface area contributed by atoms with Crippen molar-refractivity contribution in [3.63, 3.8) is 0 Å². The van der Waals surface area contributed by atoms with Gasteiger partial charge in [0.2, 0.25) is 0 Å². The number of H-pyrrole nitrogens is 1. The first kappa shape index (κ1) is 13.6. The number of carboxylic acid groups (broad SMARTS) is 1. The molecule has 0 radical (unpaired) electrons. The van der Waals surface area contributed by atoms with Gasteiger partial charge in [-0.1, -0.05) is 0 Å². The average molecular weight is 261 g/mol. The van der Waals surface area contributed by atoms with E-state index in [1.165, 1.54) is 6.20 Å². The molecule has 2 rings (SSSR count). The number of aromatic nitrogens is 3. The van der Waals surface area contributed by atoms with Crippen molar-refractivity contribution >= 4 is 17.0 Å². The molecule has 2 heterocycles. The third-order valence-electron chi connectivity index (χ3n) is 1.63. The van der Waals surface area contributed by atoms with E-state index in [1.54, 1.807) is 12.3 Å². The van der Waals surface area contributed by atoms with E-state index in [-0.39, 0.29) is 5.69 Å². The second-order valence-corrected chi connectivity index (χ2v) is 2.93. The lowest BCUT2D eigenvalue weighted by molar-refractivity contribution is -0.192. The summed E-state index contributed by atoms with van der Waals surface area (Å²) >= 11 is 0. The van der Waals surface area contributed by atoms with Crippen molar-refractivity contribution in [2.75, 3.05) is 0 Å². The molecule has 0 spiro atoms. The molecule has 0 amide bonds. The summed E-state index contributed by atoms with van der Waals surface area (Å²) in [4.78, 5) is 29.6. The average Bonchev–Trinajstić information content (AvgIpc) is 2.28. The van der Waals surface area contributed by atoms with E-state index < -0.39 is 12.1 Å². The molecule has 18 heavy (non-hydrogen) atoms. The second-order valence-electron chi connectivity index (χ2n) is 2.93. The molecular formula is C9H6F3N3O3. The fourth-order valence-corrected chi connectivity index (χ4v) is 0.888. The summed E-state index contributed by atoms with van der Waals surface area (Å²) in [7, 11) is 0. The SMILES string of the molecule is O=C(O)C(F)(F)F.O=c1ncc2cccnc2[nH]1. The van der Waals surface area contributed by atoms with E-state index in [2.05, 4.69) is 15.0 Å². The van der Waals surface area contributed by atoms with Gasteiger partial charge in [-0.25, -0.2) is 19.6 Å². The molecule has 0 saturated carbocycles. The number of aliphatic carboxylic acids is 1. The number of aromatic amines is 1. The van der Waals surface area contributed by atoms with Crippen LogP contribution in [0.5, 0.6) is 0 Å². The fraction of sp³-hybridized carbons (Fsp3) is 0.111. The summed E-state index contributed by atoms with van der Waals surface area (Å²) in [5.41, 5.74) is 0.212. The third-order valence-corrected chi connectivity index (χ3v) is 1.63. The highest BCUT2D eigenvalue weighted by Crippen LogP contribution is 2.13. The highest BCUT2D eigenvalue weighted by atomic mass is 19.4. The first-order valence-electron chi connectivity index (χ1n) is 4.41. The van der Waals surface area contributed by atoms with Crippen molar-refractivity contribution in [3.05, 3.63) is 35.0 Å². The maximum Gasteiger partial charge on any atom is 0.490 e. The third kappa shape index (κ3) is 3.85. The zero-order valence-electron chi connectivity index (χ0n) is 8.60. The first-order chi connectivity index (χ1) is 8.30. The van der Waals surface area contributed by atoms with Gasteiger partial charge in [-0.05, 0) is 12.1 Å². The van der Waals surface area contributed by atoms with Crippen LogP contribution in [-0.2, 0) is 4.79 Å². The van der Waals surface area contributed by atoms with Gasteiger partial charge in [0.1, 0.15) is 5.65 Å². The Hall–Kier alpha value is -2.45. The van der Waals surface area contributed by atoms with E-state index in [0.717, 1.165) is 5.39 Å². The van der Waals surface area contributed by atoms with Gasteiger partial charge in [0.05, 0.1) is 0 Å². The van der Waals surface area contributed by atoms with Gasteiger partial charge >= 0.3 is 17.8 Å². The van der Waals surface area contributed by atoms with E-state index >= 15 is 0 Å². The number of nitrogens with zero attached hydrogens (tertiary/aromatic N) is 2. The van der Waals surface area contributed by atoms with Crippen LogP contribution in [-0.4, -0.2) is 32.2 Å². The quantitative estimate of drug-likeness (QED) is 0.736. The molecule has 0 aromatic carbocycles. The molecular weight excluding hydrogens is 255 g/mol. The molecule has 96 valence electrons. The normalized spacial score (nSPS) is 10.6. The Morgan fingerprint density at radius 1 is 1.33 bits per heavy atom. The summed E-state index contributed by atoms with van der Waals surface area (Å²) in [6, 6.07) is 3.63. The largest absolute Gasteiger partial charge is 0.490 e. The standard InChI is InChI=1S/C7H5N3O.C2HF3O2/c11-7-9-4-5-2-1-3-8-6(5)10-7;3-2(4,5)1(6)7/h1-4H,(H,8,9,10,11);(H,6,7). The summed E-state index contributed by atoms with van der Waals surface area (Å²) in [5.74, 6) is -2.76. The lowest BCUT2D eigenvalue weighted by Crippen LogP contribution is -2.21. The number of rotatable bonds is 0. The molecule has 0 bridgehead atoms. The Morgan fingerprint density at radius 2 is 1.94 bits per heavy atom. The van der Waals surface area contributed by atoms with Gasteiger partial charge in [0.25, 0.3) is 0 Å². The van der Waals surface area contributed by atoms with Crippen LogP contribution in [0, 0.1) is 0 Å². The Kier molecular flexibility index (Phi) is 3.97. The van der Waals surface area contributed by atoms with Crippen molar-refractivity contribution in [1.82, 2.24) is 15.0 Å². The zero-order chi connectivity index (χ0) is 13.8. The van der Waals surface area contributed by atoms with E-state index in [1.807, 2.05) is 6.07 Å². The maximum absolute atomic E-state index is 10.7. The molecule has 0 aliphatic heterocycles. The van der Waals surface area contributed by atoms with Crippen LogP contribution >= 0.6 is 0 Å². The first-order valence-corrected chi connectivity index (χ1v) is 4.41. The number of fused-ring (bicyclic) bond motifs is 1. The fourth-order valence-electron chi connectivity index (χ4n) is 0.888. The minimum Gasteiger partial charge on any atom is -0.475 e. The van der Waals surface area contributed by atoms with Crippen molar-refractivity contribution < 1.29 is 23.1 Å². The minimum atomic E-state index is -5.08. The second kappa shape index (κ2) is 5.25. The molecule has 0 aliphatic carbocycles. The van der Waals surface area contributed by atoms with Crippen LogP contribution in [0.4, 0.5) is 13.2 Å². The van der Waals surface area contributed by atoms with Crippen LogP contribution in [0.15, 0.2) is 29.3 Å². The lowest BCUT2D eigenvalue weighted by Gasteiger charge is -1.93. The number of hydrogen-bond donors (Lipinski definition) is 2. The summed E-state index contributed by atoms with van der Waals surface area (Å²) in [6.45, 7) is 0. The van der Waals surface area contributed by atoms with E-state index in [4.69, 9.17) is 9.90 Å². The molecule has 0 saturated heterocycles. The summed E-state index contributed by atoms with van der Waals surface area (Å²) in [6.07, 6.45) is -1.96. The predicted octanol–water partition coefficient (Wildman–Crippen LogP) is 0.951. The summed E-state index contributed by atoms with van der Waals surface area (Å²) in [5, 5.41) is 7.96. The predicted molar refractivity (Wildman–Crippen MR) is 53.8 cm³/mol. The van der Waals surface area contributed by atoms with Gasteiger partial charge in [0, 0.05) is 17.8 Å². The Bertz CT molecular complexity index is 609. The highest BCUT2D eigenvalue weighted by Gasteiger charge is 2.38. The highest BCUT2D eigenvalue weighted by molar-refractivity contribution is 5.73. The molecule has 0 fully saturated rings. The van der Waals surface area contributed by atoms with Gasteiger partial charge in [-0.2, -0.15) is 13.2 Å². The molecule has 9 heteroatoms. The number of hydrogen-bond acceptors (Lipinski definition) is 4. The molecule has 2 aromatic rings.